The Morgan fingerprint density at radius 3 is 2.47 bits per heavy atom. The lowest BCUT2D eigenvalue weighted by molar-refractivity contribution is -0.130. The standard InChI is InChI=1S/C14H28N2O2S/c1-6-10(3)13-14(17)16(12(7-2)15-13)9-8-11(4)19(5)18/h10-13,15H,6-9H2,1-5H3. The van der Waals surface area contributed by atoms with Crippen molar-refractivity contribution in [3.63, 3.8) is 0 Å². The van der Waals surface area contributed by atoms with Gasteiger partial charge in [0.15, 0.2) is 0 Å². The zero-order valence-electron chi connectivity index (χ0n) is 12.8. The third-order valence-corrected chi connectivity index (χ3v) is 5.61. The van der Waals surface area contributed by atoms with Crippen molar-refractivity contribution < 1.29 is 9.00 Å². The zero-order valence-corrected chi connectivity index (χ0v) is 13.6. The fourth-order valence-electron chi connectivity index (χ4n) is 2.44. The smallest absolute Gasteiger partial charge is 0.241 e. The Balaban J connectivity index is 2.65. The molecule has 112 valence electrons. The van der Waals surface area contributed by atoms with Crippen molar-refractivity contribution in [1.29, 1.82) is 0 Å². The molecule has 5 unspecified atom stereocenters. The van der Waals surface area contributed by atoms with E-state index >= 15 is 0 Å². The maximum absolute atomic E-state index is 12.4. The van der Waals surface area contributed by atoms with Gasteiger partial charge in [0.1, 0.15) is 0 Å². The highest BCUT2D eigenvalue weighted by atomic mass is 32.2. The normalized spacial score (nSPS) is 28.5. The number of carbonyl (C=O) groups is 1. The summed E-state index contributed by atoms with van der Waals surface area (Å²) in [6.45, 7) is 9.02. The number of rotatable bonds is 7. The number of carbonyl (C=O) groups excluding carboxylic acids is 1. The van der Waals surface area contributed by atoms with Gasteiger partial charge in [0.2, 0.25) is 5.91 Å². The van der Waals surface area contributed by atoms with E-state index < -0.39 is 10.8 Å². The molecule has 5 heteroatoms. The summed E-state index contributed by atoms with van der Waals surface area (Å²) in [5.41, 5.74) is 0. The van der Waals surface area contributed by atoms with Gasteiger partial charge in [-0.25, -0.2) is 0 Å². The largest absolute Gasteiger partial charge is 0.326 e. The second-order valence-electron chi connectivity index (χ2n) is 5.58. The van der Waals surface area contributed by atoms with E-state index in [9.17, 15) is 9.00 Å². The van der Waals surface area contributed by atoms with E-state index in [1.165, 1.54) is 0 Å². The van der Waals surface area contributed by atoms with E-state index in [0.29, 0.717) is 12.5 Å². The summed E-state index contributed by atoms with van der Waals surface area (Å²) in [7, 11) is -0.812. The van der Waals surface area contributed by atoms with Crippen molar-refractivity contribution in [3.8, 4) is 0 Å². The number of nitrogens with zero attached hydrogens (tertiary/aromatic N) is 1. The molecule has 5 atom stereocenters. The average Bonchev–Trinajstić information content (AvgIpc) is 2.71. The summed E-state index contributed by atoms with van der Waals surface area (Å²) in [4.78, 5) is 14.4. The van der Waals surface area contributed by atoms with E-state index in [0.717, 1.165) is 19.3 Å². The van der Waals surface area contributed by atoms with Crippen LogP contribution in [0.3, 0.4) is 0 Å². The molecule has 0 radical (unpaired) electrons. The predicted octanol–water partition coefficient (Wildman–Crippen LogP) is 1.73. The molecule has 1 aliphatic heterocycles. The van der Waals surface area contributed by atoms with Gasteiger partial charge in [-0.2, -0.15) is 0 Å². The molecule has 1 fully saturated rings. The summed E-state index contributed by atoms with van der Waals surface area (Å²) < 4.78 is 11.4. The SMILES string of the molecule is CCC(C)C1NC(CC)N(CCC(C)S(C)=O)C1=O. The molecule has 4 nitrogen and oxygen atoms in total. The molecule has 0 bridgehead atoms. The van der Waals surface area contributed by atoms with Crippen molar-refractivity contribution in [3.05, 3.63) is 0 Å². The minimum absolute atomic E-state index is 0.0441. The van der Waals surface area contributed by atoms with Crippen LogP contribution in [0.1, 0.15) is 47.0 Å². The van der Waals surface area contributed by atoms with Gasteiger partial charge in [-0.05, 0) is 18.8 Å². The molecule has 0 saturated carbocycles. The van der Waals surface area contributed by atoms with Gasteiger partial charge < -0.3 is 4.90 Å². The highest BCUT2D eigenvalue weighted by molar-refractivity contribution is 7.84. The van der Waals surface area contributed by atoms with E-state index in [2.05, 4.69) is 26.1 Å². The average molecular weight is 288 g/mol. The van der Waals surface area contributed by atoms with Crippen molar-refractivity contribution in [2.75, 3.05) is 12.8 Å². The molecule has 0 aromatic carbocycles. The first-order chi connectivity index (χ1) is 8.92. The monoisotopic (exact) mass is 288 g/mol. The topological polar surface area (TPSA) is 49.4 Å². The van der Waals surface area contributed by atoms with Gasteiger partial charge in [-0.1, -0.05) is 34.1 Å². The van der Waals surface area contributed by atoms with Gasteiger partial charge >= 0.3 is 0 Å². The lowest BCUT2D eigenvalue weighted by atomic mass is 9.99. The lowest BCUT2D eigenvalue weighted by Crippen LogP contribution is -2.38. The molecule has 1 rings (SSSR count). The van der Waals surface area contributed by atoms with E-state index in [1.807, 2.05) is 11.8 Å². The van der Waals surface area contributed by atoms with Crippen LogP contribution in [-0.4, -0.2) is 45.3 Å². The Hall–Kier alpha value is -0.420. The maximum atomic E-state index is 12.4. The minimum atomic E-state index is -0.812. The highest BCUT2D eigenvalue weighted by Crippen LogP contribution is 2.21. The Morgan fingerprint density at radius 1 is 1.37 bits per heavy atom. The molecule has 0 aromatic heterocycles. The molecule has 1 saturated heterocycles. The maximum Gasteiger partial charge on any atom is 0.241 e. The Labute approximate surface area is 119 Å². The van der Waals surface area contributed by atoms with Crippen LogP contribution in [0.25, 0.3) is 0 Å². The van der Waals surface area contributed by atoms with E-state index in [4.69, 9.17) is 0 Å². The van der Waals surface area contributed by atoms with Gasteiger partial charge in [0, 0.05) is 28.9 Å². The van der Waals surface area contributed by atoms with Gasteiger partial charge in [-0.3, -0.25) is 14.3 Å². The van der Waals surface area contributed by atoms with Crippen molar-refractivity contribution in [2.24, 2.45) is 5.92 Å². The second kappa shape index (κ2) is 7.39. The first-order valence-corrected chi connectivity index (χ1v) is 8.93. The first-order valence-electron chi connectivity index (χ1n) is 7.31. The summed E-state index contributed by atoms with van der Waals surface area (Å²) in [6.07, 6.45) is 4.60. The zero-order chi connectivity index (χ0) is 14.6. The van der Waals surface area contributed by atoms with Crippen LogP contribution in [0.4, 0.5) is 0 Å². The van der Waals surface area contributed by atoms with E-state index in [1.54, 1.807) is 6.26 Å². The summed E-state index contributed by atoms with van der Waals surface area (Å²) in [6, 6.07) is -0.0441. The molecule has 0 aromatic rings. The molecular weight excluding hydrogens is 260 g/mol. The predicted molar refractivity (Wildman–Crippen MR) is 80.3 cm³/mol. The summed E-state index contributed by atoms with van der Waals surface area (Å²) >= 11 is 0. The Bertz CT molecular complexity index is 335. The summed E-state index contributed by atoms with van der Waals surface area (Å²) in [5.74, 6) is 0.583. The van der Waals surface area contributed by atoms with Gasteiger partial charge in [-0.15, -0.1) is 0 Å². The second-order valence-corrected chi connectivity index (χ2v) is 7.39. The fourth-order valence-corrected chi connectivity index (χ4v) is 2.87. The van der Waals surface area contributed by atoms with Crippen LogP contribution in [0.2, 0.25) is 0 Å². The van der Waals surface area contributed by atoms with Crippen LogP contribution in [-0.2, 0) is 15.6 Å². The quantitative estimate of drug-likeness (QED) is 0.776. The van der Waals surface area contributed by atoms with Gasteiger partial charge in [0.25, 0.3) is 0 Å². The fraction of sp³-hybridized carbons (Fsp3) is 0.929. The third kappa shape index (κ3) is 4.02. The van der Waals surface area contributed by atoms with Crippen LogP contribution in [0.15, 0.2) is 0 Å². The Kier molecular flexibility index (Phi) is 6.47. The number of hydrogen-bond donors (Lipinski definition) is 1. The minimum Gasteiger partial charge on any atom is -0.326 e. The molecule has 1 heterocycles. The van der Waals surface area contributed by atoms with Crippen LogP contribution < -0.4 is 5.32 Å². The molecular formula is C14H28N2O2S. The van der Waals surface area contributed by atoms with Crippen molar-refractivity contribution in [2.45, 2.75) is 64.4 Å². The first kappa shape index (κ1) is 16.6. The van der Waals surface area contributed by atoms with Gasteiger partial charge in [0.05, 0.1) is 12.2 Å². The summed E-state index contributed by atoms with van der Waals surface area (Å²) in [5, 5.41) is 3.59. The molecule has 1 aliphatic rings. The number of nitrogens with one attached hydrogen (secondary N) is 1. The molecule has 0 aliphatic carbocycles. The molecule has 0 spiro atoms. The highest BCUT2D eigenvalue weighted by Gasteiger charge is 2.39. The van der Waals surface area contributed by atoms with Crippen molar-refractivity contribution >= 4 is 16.7 Å². The Morgan fingerprint density at radius 2 is 2.00 bits per heavy atom. The van der Waals surface area contributed by atoms with Crippen molar-refractivity contribution in [1.82, 2.24) is 10.2 Å². The van der Waals surface area contributed by atoms with Crippen LogP contribution in [0.5, 0.6) is 0 Å². The molecule has 1 N–H and O–H groups in total. The number of amides is 1. The lowest BCUT2D eigenvalue weighted by Gasteiger charge is -2.24. The molecule has 19 heavy (non-hydrogen) atoms. The van der Waals surface area contributed by atoms with E-state index in [-0.39, 0.29) is 23.4 Å². The van der Waals surface area contributed by atoms with Crippen LogP contribution in [0, 0.1) is 5.92 Å². The third-order valence-electron chi connectivity index (χ3n) is 4.24. The number of hydrogen-bond acceptors (Lipinski definition) is 3. The molecule has 1 amide bonds. The van der Waals surface area contributed by atoms with Crippen LogP contribution >= 0.6 is 0 Å².